The number of hydrogen-bond acceptors (Lipinski definition) is 5. The molecule has 3 aromatic rings. The molecule has 0 saturated heterocycles. The SMILES string of the molecule is Cc1ccc(-c2cnc(SCC(=O)N(CCC#N)CCC#N)n2-c2ccccc2)cc1. The number of nitriles is 2. The van der Waals surface area contributed by atoms with Crippen molar-refractivity contribution < 1.29 is 4.79 Å². The molecule has 0 N–H and O–H groups in total. The van der Waals surface area contributed by atoms with Crippen LogP contribution in [0.3, 0.4) is 0 Å². The highest BCUT2D eigenvalue weighted by Crippen LogP contribution is 2.30. The zero-order valence-corrected chi connectivity index (χ0v) is 18.2. The molecule has 0 fully saturated rings. The number of benzene rings is 2. The van der Waals surface area contributed by atoms with Crippen LogP contribution in [0.2, 0.25) is 0 Å². The van der Waals surface area contributed by atoms with Gasteiger partial charge in [-0.1, -0.05) is 59.8 Å². The molecule has 0 aliphatic rings. The van der Waals surface area contributed by atoms with Crippen LogP contribution in [0.1, 0.15) is 18.4 Å². The molecule has 1 aromatic heterocycles. The number of rotatable bonds is 9. The molecule has 0 spiro atoms. The summed E-state index contributed by atoms with van der Waals surface area (Å²) in [5.41, 5.74) is 4.15. The second-order valence-corrected chi connectivity index (χ2v) is 7.89. The van der Waals surface area contributed by atoms with E-state index in [1.165, 1.54) is 17.3 Å². The van der Waals surface area contributed by atoms with Gasteiger partial charge in [0.15, 0.2) is 5.16 Å². The second kappa shape index (κ2) is 11.0. The van der Waals surface area contributed by atoms with Gasteiger partial charge in [0.25, 0.3) is 0 Å². The third kappa shape index (κ3) is 5.75. The van der Waals surface area contributed by atoms with E-state index in [1.807, 2.05) is 36.5 Å². The van der Waals surface area contributed by atoms with Crippen molar-refractivity contribution in [3.8, 4) is 29.1 Å². The fraction of sp³-hybridized carbons (Fsp3) is 0.250. The first-order valence-corrected chi connectivity index (χ1v) is 11.0. The van der Waals surface area contributed by atoms with Gasteiger partial charge in [-0.25, -0.2) is 4.98 Å². The number of carbonyl (C=O) groups is 1. The summed E-state index contributed by atoms with van der Waals surface area (Å²) in [5, 5.41) is 18.4. The molecule has 0 bridgehead atoms. The maximum absolute atomic E-state index is 12.7. The summed E-state index contributed by atoms with van der Waals surface area (Å²) < 4.78 is 2.05. The number of aromatic nitrogens is 2. The number of hydrogen-bond donors (Lipinski definition) is 0. The maximum atomic E-state index is 12.7. The minimum Gasteiger partial charge on any atom is -0.340 e. The predicted octanol–water partition coefficient (Wildman–Crippen LogP) is 4.60. The van der Waals surface area contributed by atoms with E-state index < -0.39 is 0 Å². The summed E-state index contributed by atoms with van der Waals surface area (Å²) >= 11 is 1.36. The molecular weight excluding hydrogens is 406 g/mol. The third-order valence-electron chi connectivity index (χ3n) is 4.76. The van der Waals surface area contributed by atoms with Crippen LogP contribution in [-0.4, -0.2) is 39.2 Å². The van der Waals surface area contributed by atoms with Crippen LogP contribution in [0, 0.1) is 29.6 Å². The lowest BCUT2D eigenvalue weighted by atomic mass is 10.1. The molecule has 31 heavy (non-hydrogen) atoms. The maximum Gasteiger partial charge on any atom is 0.233 e. The molecule has 0 radical (unpaired) electrons. The average molecular weight is 430 g/mol. The van der Waals surface area contributed by atoms with Crippen LogP contribution < -0.4 is 0 Å². The highest BCUT2D eigenvalue weighted by atomic mass is 32.2. The molecular formula is C24H23N5OS. The standard InChI is InChI=1S/C24H23N5OS/c1-19-9-11-20(12-10-19)22-17-27-24(29(22)21-7-3-2-4-8-21)31-18-23(30)28(15-5-13-25)16-6-14-26/h2-4,7-12,17H,5-6,15-16,18H2,1H3. The van der Waals surface area contributed by atoms with Gasteiger partial charge >= 0.3 is 0 Å². The molecule has 1 amide bonds. The van der Waals surface area contributed by atoms with Crippen molar-refractivity contribution in [1.82, 2.24) is 14.5 Å². The number of imidazole rings is 1. The van der Waals surface area contributed by atoms with E-state index in [0.717, 1.165) is 22.1 Å². The highest BCUT2D eigenvalue weighted by molar-refractivity contribution is 7.99. The number of thioether (sulfide) groups is 1. The molecule has 156 valence electrons. The van der Waals surface area contributed by atoms with E-state index >= 15 is 0 Å². The molecule has 0 atom stereocenters. The normalized spacial score (nSPS) is 10.3. The zero-order chi connectivity index (χ0) is 22.1. The van der Waals surface area contributed by atoms with Crippen molar-refractivity contribution in [2.75, 3.05) is 18.8 Å². The van der Waals surface area contributed by atoms with Gasteiger partial charge < -0.3 is 4.90 Å². The fourth-order valence-corrected chi connectivity index (χ4v) is 4.04. The third-order valence-corrected chi connectivity index (χ3v) is 5.69. The van der Waals surface area contributed by atoms with Crippen LogP contribution in [0.25, 0.3) is 16.9 Å². The monoisotopic (exact) mass is 429 g/mol. The van der Waals surface area contributed by atoms with Gasteiger partial charge in [0.2, 0.25) is 5.91 Å². The predicted molar refractivity (Wildman–Crippen MR) is 122 cm³/mol. The lowest BCUT2D eigenvalue weighted by Crippen LogP contribution is -2.34. The molecule has 0 aliphatic carbocycles. The number of para-hydroxylation sites is 1. The Hall–Kier alpha value is -3.55. The summed E-state index contributed by atoms with van der Waals surface area (Å²) in [6.45, 7) is 2.72. The van der Waals surface area contributed by atoms with Crippen LogP contribution >= 0.6 is 11.8 Å². The van der Waals surface area contributed by atoms with Crippen molar-refractivity contribution in [1.29, 1.82) is 10.5 Å². The Kier molecular flexibility index (Phi) is 7.86. The Morgan fingerprint density at radius 1 is 1.03 bits per heavy atom. The molecule has 7 heteroatoms. The van der Waals surface area contributed by atoms with E-state index in [2.05, 4.69) is 52.9 Å². The van der Waals surface area contributed by atoms with Crippen LogP contribution in [-0.2, 0) is 4.79 Å². The largest absolute Gasteiger partial charge is 0.340 e. The van der Waals surface area contributed by atoms with E-state index in [1.54, 1.807) is 4.90 Å². The highest BCUT2D eigenvalue weighted by Gasteiger charge is 2.18. The lowest BCUT2D eigenvalue weighted by Gasteiger charge is -2.20. The van der Waals surface area contributed by atoms with Crippen molar-refractivity contribution in [2.24, 2.45) is 0 Å². The molecule has 6 nitrogen and oxygen atoms in total. The van der Waals surface area contributed by atoms with Gasteiger partial charge in [0.05, 0.1) is 42.6 Å². The van der Waals surface area contributed by atoms with E-state index in [-0.39, 0.29) is 24.5 Å². The van der Waals surface area contributed by atoms with Crippen LogP contribution in [0.15, 0.2) is 66.0 Å². The van der Waals surface area contributed by atoms with Crippen molar-refractivity contribution in [2.45, 2.75) is 24.9 Å². The van der Waals surface area contributed by atoms with Gasteiger partial charge in [0, 0.05) is 24.3 Å². The first kappa shape index (κ1) is 22.1. The van der Waals surface area contributed by atoms with Gasteiger partial charge in [-0.3, -0.25) is 9.36 Å². The Labute approximate surface area is 186 Å². The summed E-state index contributed by atoms with van der Waals surface area (Å²) in [6.07, 6.45) is 2.32. The average Bonchev–Trinajstić information content (AvgIpc) is 3.22. The number of nitrogens with zero attached hydrogens (tertiary/aromatic N) is 5. The first-order chi connectivity index (χ1) is 15.1. The van der Waals surface area contributed by atoms with Crippen molar-refractivity contribution >= 4 is 17.7 Å². The number of aryl methyl sites for hydroxylation is 1. The van der Waals surface area contributed by atoms with E-state index in [0.29, 0.717) is 13.1 Å². The van der Waals surface area contributed by atoms with Gasteiger partial charge in [-0.15, -0.1) is 0 Å². The van der Waals surface area contributed by atoms with Crippen LogP contribution in [0.4, 0.5) is 0 Å². The molecule has 0 unspecified atom stereocenters. The Balaban J connectivity index is 1.86. The first-order valence-electron chi connectivity index (χ1n) is 9.98. The molecule has 1 heterocycles. The quantitative estimate of drug-likeness (QED) is 0.464. The number of amides is 1. The molecule has 0 saturated carbocycles. The molecule has 2 aromatic carbocycles. The minimum absolute atomic E-state index is 0.102. The topological polar surface area (TPSA) is 85.7 Å². The van der Waals surface area contributed by atoms with E-state index in [9.17, 15) is 4.79 Å². The van der Waals surface area contributed by atoms with Crippen LogP contribution in [0.5, 0.6) is 0 Å². The Bertz CT molecular complexity index is 1080. The summed E-state index contributed by atoms with van der Waals surface area (Å²) in [5.74, 6) is 0.0867. The Morgan fingerprint density at radius 2 is 1.68 bits per heavy atom. The zero-order valence-electron chi connectivity index (χ0n) is 17.4. The van der Waals surface area contributed by atoms with Gasteiger partial charge in [-0.05, 0) is 19.1 Å². The number of carbonyl (C=O) groups excluding carboxylic acids is 1. The molecule has 3 rings (SSSR count). The van der Waals surface area contributed by atoms with E-state index in [4.69, 9.17) is 10.5 Å². The summed E-state index contributed by atoms with van der Waals surface area (Å²) in [6, 6.07) is 22.3. The van der Waals surface area contributed by atoms with Gasteiger partial charge in [0.1, 0.15) is 0 Å². The summed E-state index contributed by atoms with van der Waals surface area (Å²) in [7, 11) is 0. The smallest absolute Gasteiger partial charge is 0.233 e. The molecule has 0 aliphatic heterocycles. The fourth-order valence-electron chi connectivity index (χ4n) is 3.14. The minimum atomic E-state index is -0.102. The Morgan fingerprint density at radius 3 is 2.29 bits per heavy atom. The summed E-state index contributed by atoms with van der Waals surface area (Å²) in [4.78, 5) is 18.9. The van der Waals surface area contributed by atoms with Crippen molar-refractivity contribution in [3.63, 3.8) is 0 Å². The van der Waals surface area contributed by atoms with Crippen molar-refractivity contribution in [3.05, 3.63) is 66.4 Å². The second-order valence-electron chi connectivity index (χ2n) is 6.95. The van der Waals surface area contributed by atoms with Gasteiger partial charge in [-0.2, -0.15) is 10.5 Å². The lowest BCUT2D eigenvalue weighted by molar-refractivity contribution is -0.128.